The Bertz CT molecular complexity index is 182. The van der Waals surface area contributed by atoms with Crippen molar-refractivity contribution in [1.82, 2.24) is 16.0 Å². The maximum absolute atomic E-state index is 11.3. The van der Waals surface area contributed by atoms with Gasteiger partial charge in [0.15, 0.2) is 0 Å². The molecule has 1 rings (SSSR count). The van der Waals surface area contributed by atoms with Crippen LogP contribution in [0.25, 0.3) is 0 Å². The first kappa shape index (κ1) is 12.3. The first-order valence-corrected chi connectivity index (χ1v) is 5.65. The Morgan fingerprint density at radius 2 is 2.33 bits per heavy atom. The lowest BCUT2D eigenvalue weighted by Gasteiger charge is -2.11. The predicted octanol–water partition coefficient (Wildman–Crippen LogP) is 0.0741. The van der Waals surface area contributed by atoms with Crippen molar-refractivity contribution in [2.75, 3.05) is 32.8 Å². The molecule has 0 saturated carbocycles. The van der Waals surface area contributed by atoms with E-state index < -0.39 is 0 Å². The van der Waals surface area contributed by atoms with Crippen LogP contribution in [0.2, 0.25) is 0 Å². The van der Waals surface area contributed by atoms with Crippen LogP contribution in [-0.4, -0.2) is 44.9 Å². The van der Waals surface area contributed by atoms with E-state index in [2.05, 4.69) is 22.9 Å². The molecule has 2 amide bonds. The SMILES string of the molecule is CCNCCCNC(=O)NC1CCOC1. The van der Waals surface area contributed by atoms with Gasteiger partial charge >= 0.3 is 6.03 Å². The van der Waals surface area contributed by atoms with Gasteiger partial charge in [0.2, 0.25) is 0 Å². The molecule has 1 unspecified atom stereocenters. The normalized spacial score (nSPS) is 20.2. The number of amides is 2. The van der Waals surface area contributed by atoms with Crippen LogP contribution in [0.15, 0.2) is 0 Å². The van der Waals surface area contributed by atoms with Gasteiger partial charge in [0.05, 0.1) is 12.6 Å². The zero-order chi connectivity index (χ0) is 10.9. The van der Waals surface area contributed by atoms with Gasteiger partial charge in [0.1, 0.15) is 0 Å². The minimum atomic E-state index is -0.0815. The monoisotopic (exact) mass is 215 g/mol. The number of hydrogen-bond donors (Lipinski definition) is 3. The van der Waals surface area contributed by atoms with Crippen molar-refractivity contribution in [3.8, 4) is 0 Å². The van der Waals surface area contributed by atoms with Crippen molar-refractivity contribution in [3.05, 3.63) is 0 Å². The summed E-state index contributed by atoms with van der Waals surface area (Å²) in [5.74, 6) is 0. The van der Waals surface area contributed by atoms with Gasteiger partial charge in [0.25, 0.3) is 0 Å². The zero-order valence-electron chi connectivity index (χ0n) is 9.34. The lowest BCUT2D eigenvalue weighted by atomic mass is 10.3. The van der Waals surface area contributed by atoms with Gasteiger partial charge in [-0.2, -0.15) is 0 Å². The average Bonchev–Trinajstić information content (AvgIpc) is 2.70. The number of carbonyl (C=O) groups excluding carboxylic acids is 1. The van der Waals surface area contributed by atoms with Gasteiger partial charge in [0, 0.05) is 13.2 Å². The second-order valence-corrected chi connectivity index (χ2v) is 3.67. The molecule has 5 nitrogen and oxygen atoms in total. The molecule has 0 aromatic heterocycles. The van der Waals surface area contributed by atoms with Crippen LogP contribution in [0.4, 0.5) is 4.79 Å². The van der Waals surface area contributed by atoms with Crippen LogP contribution >= 0.6 is 0 Å². The minimum Gasteiger partial charge on any atom is -0.379 e. The van der Waals surface area contributed by atoms with E-state index in [1.165, 1.54) is 0 Å². The van der Waals surface area contributed by atoms with E-state index in [4.69, 9.17) is 4.74 Å². The molecule has 1 saturated heterocycles. The van der Waals surface area contributed by atoms with E-state index in [1.54, 1.807) is 0 Å². The maximum atomic E-state index is 11.3. The van der Waals surface area contributed by atoms with Crippen LogP contribution in [0.5, 0.6) is 0 Å². The number of urea groups is 1. The minimum absolute atomic E-state index is 0.0815. The first-order chi connectivity index (χ1) is 7.33. The van der Waals surface area contributed by atoms with Gasteiger partial charge in [-0.05, 0) is 25.9 Å². The lowest BCUT2D eigenvalue weighted by molar-refractivity contribution is 0.188. The van der Waals surface area contributed by atoms with Crippen molar-refractivity contribution < 1.29 is 9.53 Å². The van der Waals surface area contributed by atoms with Crippen LogP contribution in [0, 0.1) is 0 Å². The number of ether oxygens (including phenoxy) is 1. The second kappa shape index (κ2) is 7.48. The molecule has 0 aliphatic carbocycles. The van der Waals surface area contributed by atoms with E-state index in [9.17, 15) is 4.79 Å². The molecule has 0 bridgehead atoms. The van der Waals surface area contributed by atoms with Gasteiger partial charge in [-0.25, -0.2) is 4.79 Å². The molecular formula is C10H21N3O2. The van der Waals surface area contributed by atoms with Crippen LogP contribution in [0.3, 0.4) is 0 Å². The fraction of sp³-hybridized carbons (Fsp3) is 0.900. The van der Waals surface area contributed by atoms with Crippen molar-refractivity contribution in [1.29, 1.82) is 0 Å². The number of hydrogen-bond acceptors (Lipinski definition) is 3. The van der Waals surface area contributed by atoms with Gasteiger partial charge in [-0.1, -0.05) is 6.92 Å². The zero-order valence-corrected chi connectivity index (χ0v) is 9.34. The highest BCUT2D eigenvalue weighted by Gasteiger charge is 2.16. The van der Waals surface area contributed by atoms with Crippen LogP contribution in [-0.2, 0) is 4.74 Å². The smallest absolute Gasteiger partial charge is 0.315 e. The summed E-state index contributed by atoms with van der Waals surface area (Å²) in [5, 5.41) is 8.90. The molecule has 1 aliphatic heterocycles. The average molecular weight is 215 g/mol. The number of nitrogens with one attached hydrogen (secondary N) is 3. The Balaban J connectivity index is 1.93. The third-order valence-electron chi connectivity index (χ3n) is 2.33. The second-order valence-electron chi connectivity index (χ2n) is 3.67. The summed E-state index contributed by atoms with van der Waals surface area (Å²) in [5.41, 5.74) is 0. The standard InChI is InChI=1S/C10H21N3O2/c1-2-11-5-3-6-12-10(14)13-9-4-7-15-8-9/h9,11H,2-8H2,1H3,(H2,12,13,14). The Morgan fingerprint density at radius 1 is 1.47 bits per heavy atom. The molecule has 1 fully saturated rings. The van der Waals surface area contributed by atoms with E-state index in [0.717, 1.165) is 32.5 Å². The first-order valence-electron chi connectivity index (χ1n) is 5.65. The highest BCUT2D eigenvalue weighted by molar-refractivity contribution is 5.74. The molecule has 3 N–H and O–H groups in total. The van der Waals surface area contributed by atoms with Crippen LogP contribution in [0.1, 0.15) is 19.8 Å². The molecule has 0 radical (unpaired) electrons. The Morgan fingerprint density at radius 3 is 3.00 bits per heavy atom. The molecule has 1 heterocycles. The molecule has 0 aromatic rings. The summed E-state index contributed by atoms with van der Waals surface area (Å²) in [6.07, 6.45) is 1.88. The molecule has 15 heavy (non-hydrogen) atoms. The third-order valence-corrected chi connectivity index (χ3v) is 2.33. The van der Waals surface area contributed by atoms with Gasteiger partial charge in [-0.15, -0.1) is 0 Å². The molecule has 5 heteroatoms. The molecular weight excluding hydrogens is 194 g/mol. The molecule has 0 aromatic carbocycles. The maximum Gasteiger partial charge on any atom is 0.315 e. The lowest BCUT2D eigenvalue weighted by Crippen LogP contribution is -2.43. The molecule has 1 aliphatic rings. The Hall–Kier alpha value is -0.810. The molecule has 0 spiro atoms. The summed E-state index contributed by atoms with van der Waals surface area (Å²) >= 11 is 0. The van der Waals surface area contributed by atoms with E-state index in [0.29, 0.717) is 13.2 Å². The quantitative estimate of drug-likeness (QED) is 0.550. The van der Waals surface area contributed by atoms with Crippen molar-refractivity contribution >= 4 is 6.03 Å². The fourth-order valence-electron chi connectivity index (χ4n) is 1.48. The van der Waals surface area contributed by atoms with Crippen molar-refractivity contribution in [2.45, 2.75) is 25.8 Å². The Kier molecular flexibility index (Phi) is 6.11. The van der Waals surface area contributed by atoms with Gasteiger partial charge < -0.3 is 20.7 Å². The largest absolute Gasteiger partial charge is 0.379 e. The van der Waals surface area contributed by atoms with E-state index in [-0.39, 0.29) is 12.1 Å². The van der Waals surface area contributed by atoms with Crippen molar-refractivity contribution in [3.63, 3.8) is 0 Å². The summed E-state index contributed by atoms with van der Waals surface area (Å²) in [4.78, 5) is 11.3. The third kappa shape index (κ3) is 5.59. The summed E-state index contributed by atoms with van der Waals surface area (Å²) < 4.78 is 5.16. The van der Waals surface area contributed by atoms with Crippen molar-refractivity contribution in [2.24, 2.45) is 0 Å². The topological polar surface area (TPSA) is 62.4 Å². The fourth-order valence-corrected chi connectivity index (χ4v) is 1.48. The number of carbonyl (C=O) groups is 1. The summed E-state index contributed by atoms with van der Waals surface area (Å²) in [7, 11) is 0. The summed E-state index contributed by atoms with van der Waals surface area (Å²) in [6, 6.07) is 0.112. The predicted molar refractivity (Wildman–Crippen MR) is 58.9 cm³/mol. The summed E-state index contributed by atoms with van der Waals surface area (Å²) in [6.45, 7) is 6.11. The van der Waals surface area contributed by atoms with Crippen LogP contribution < -0.4 is 16.0 Å². The Labute approximate surface area is 90.9 Å². The highest BCUT2D eigenvalue weighted by Crippen LogP contribution is 2.02. The highest BCUT2D eigenvalue weighted by atomic mass is 16.5. The number of rotatable bonds is 6. The molecule has 1 atom stereocenters. The van der Waals surface area contributed by atoms with E-state index >= 15 is 0 Å². The van der Waals surface area contributed by atoms with Gasteiger partial charge in [-0.3, -0.25) is 0 Å². The molecule has 88 valence electrons. The van der Waals surface area contributed by atoms with E-state index in [1.807, 2.05) is 0 Å².